The average Bonchev–Trinajstić information content (AvgIpc) is 0.789. The second-order valence-corrected chi connectivity index (χ2v) is 27.0. The van der Waals surface area contributed by atoms with Crippen molar-refractivity contribution in [2.45, 2.75) is 228 Å². The molecule has 25 N–H and O–H groups in total. The molecule has 0 spiro atoms. The number of hydrogen-bond acceptors (Lipinski definition) is 39. The van der Waals surface area contributed by atoms with Crippen LogP contribution in [0.25, 0.3) is 0 Å². The Bertz CT molecular complexity index is 2330. The maximum Gasteiger partial charge on any atom is 0.187 e. The molecular formula is C53H93N5O33S3. The Hall–Kier alpha value is -1.37. The van der Waals surface area contributed by atoms with Crippen molar-refractivity contribution in [2.75, 3.05) is 87.2 Å². The van der Waals surface area contributed by atoms with Gasteiger partial charge in [-0.25, -0.2) is 0 Å². The molecule has 0 aromatic rings. The van der Waals surface area contributed by atoms with Crippen LogP contribution in [0.1, 0.15) is 13.3 Å². The van der Waals surface area contributed by atoms with Crippen LogP contribution in [0.15, 0.2) is 9.98 Å². The zero-order chi connectivity index (χ0) is 68.4. The Labute approximate surface area is 551 Å². The van der Waals surface area contributed by atoms with E-state index in [0.29, 0.717) is 12.3 Å². The number of amidine groups is 2. The maximum absolute atomic E-state index is 11.9. The summed E-state index contributed by atoms with van der Waals surface area (Å²) in [5.41, 5.74) is 17.9. The molecule has 41 heteroatoms. The molecule has 0 aliphatic carbocycles. The topological polar surface area (TPSA) is 616 Å². The Balaban J connectivity index is 1.08. The lowest BCUT2D eigenvalue weighted by atomic mass is 9.95. The highest BCUT2D eigenvalue weighted by Gasteiger charge is 2.59. The van der Waals surface area contributed by atoms with Crippen molar-refractivity contribution in [1.82, 2.24) is 0 Å². The van der Waals surface area contributed by atoms with Gasteiger partial charge in [0.25, 0.3) is 0 Å². The SMILES string of the molecule is CCSCCN=C(N)CC(N)=NCCSCC1O[C@H]2O[C@H]3C(CO)O[C@H](O[C@H]4C(CO)O[C@H](O[C@H]5C(CSCCN)O[C@H](O[C@H]6C(CO)O[C@@H](O[C@H]7C(CO)O[C@@H](O[C@H]8C(CO)O[C@@H](O[C@@H]1[C@H](O)C2O)C(O)[C@H]8O)C(O)[C@H]7O)C(O)[C@H]6O)C(O)[C@H]5O)C(O)[C@H]4O)C(O)[C@H]3O. The van der Waals surface area contributed by atoms with Crippen LogP contribution < -0.4 is 17.2 Å². The zero-order valence-corrected chi connectivity index (χ0v) is 53.3. The Morgan fingerprint density at radius 3 is 0.745 bits per heavy atom. The molecule has 0 amide bonds. The van der Waals surface area contributed by atoms with Crippen LogP contribution in [-0.4, -0.2) is 411 Å². The van der Waals surface area contributed by atoms with Crippen molar-refractivity contribution in [2.24, 2.45) is 27.2 Å². The molecule has 0 radical (unpaired) electrons. The zero-order valence-electron chi connectivity index (χ0n) is 50.9. The smallest absolute Gasteiger partial charge is 0.187 e. The fourth-order valence-electron chi connectivity index (χ4n) is 11.8. The number of thioether (sulfide) groups is 3. The standard InChI is InChI=1S/C53H93N5O33S3/c1-2-92-7-4-57-24(55)9-25(56)58-5-8-94-16-23-46-32(70)39(77)53(84-23)89-44-21(14-63)80-49(35(73)28(44)66)87-41-18(11-60)81-50(36(74)29(41)67)90-45-22(15-93-6-3-54)83-52(38(76)31(45)69)88-43-20(13-62)79-48(34(72)27(43)65)85-40-17(10-59)78-47(33(71)26(40)64)86-42-19(12-61)82-51(91-46)37(75)30(42)68/h17-23,26-53,59-77H,2-16,54H2,1H3,(H2,55,57)(H2,56,58)/t17?,18?,19?,20?,21?,22?,23?,26-,27-,28-,29-,30-,31-,32-,33?,34?,35?,36?,37?,38?,39?,40+,41+,42+,43+,44+,45+,46+,47+,48+,49-,50-,51+,52-,53+/m1/s1. The van der Waals surface area contributed by atoms with Gasteiger partial charge in [0, 0.05) is 48.4 Å². The minimum Gasteiger partial charge on any atom is -0.394 e. The van der Waals surface area contributed by atoms with E-state index < -0.39 is 248 Å². The van der Waals surface area contributed by atoms with E-state index in [0.717, 1.165) is 35.0 Å². The number of nitrogens with zero attached hydrogens (tertiary/aromatic N) is 2. The normalized spacial score (nSPS) is 47.9. The predicted molar refractivity (Wildman–Crippen MR) is 319 cm³/mol. The van der Waals surface area contributed by atoms with E-state index in [1.54, 1.807) is 11.8 Å². The number of nitrogens with two attached hydrogens (primary N) is 3. The minimum absolute atomic E-state index is 0.0786. The number of rotatable bonds is 20. The Kier molecular flexibility index (Phi) is 30.4. The molecule has 14 bridgehead atoms. The molecule has 0 saturated carbocycles. The van der Waals surface area contributed by atoms with Gasteiger partial charge < -0.3 is 181 Å². The molecule has 0 aromatic carbocycles. The van der Waals surface area contributed by atoms with E-state index in [1.807, 2.05) is 6.92 Å². The highest BCUT2D eigenvalue weighted by Crippen LogP contribution is 2.40. The lowest BCUT2D eigenvalue weighted by Gasteiger charge is -2.50. The van der Waals surface area contributed by atoms with Crippen LogP contribution in [-0.2, 0) is 66.3 Å². The van der Waals surface area contributed by atoms with Gasteiger partial charge in [0.15, 0.2) is 44.0 Å². The maximum atomic E-state index is 11.9. The van der Waals surface area contributed by atoms with Gasteiger partial charge >= 0.3 is 0 Å². The first-order chi connectivity index (χ1) is 44.9. The van der Waals surface area contributed by atoms with Gasteiger partial charge in [-0.15, -0.1) is 0 Å². The van der Waals surface area contributed by atoms with E-state index in [-0.39, 0.29) is 48.4 Å². The largest absolute Gasteiger partial charge is 0.394 e. The molecule has 94 heavy (non-hydrogen) atoms. The second-order valence-electron chi connectivity index (χ2n) is 23.3. The third-order valence-corrected chi connectivity index (χ3v) is 19.9. The summed E-state index contributed by atoms with van der Waals surface area (Å²) in [6.45, 7) is -2.39. The van der Waals surface area contributed by atoms with Gasteiger partial charge in [-0.2, -0.15) is 35.3 Å². The molecule has 21 saturated heterocycles. The Morgan fingerprint density at radius 1 is 0.309 bits per heavy atom. The summed E-state index contributed by atoms with van der Waals surface area (Å²) >= 11 is 3.98. The fraction of sp³-hybridized carbons (Fsp3) is 0.962. The van der Waals surface area contributed by atoms with E-state index in [9.17, 15) is 97.0 Å². The first-order valence-corrected chi connectivity index (χ1v) is 34.2. The third-order valence-electron chi connectivity index (χ3n) is 16.9. The molecule has 546 valence electrons. The van der Waals surface area contributed by atoms with Crippen molar-refractivity contribution in [1.29, 1.82) is 0 Å². The van der Waals surface area contributed by atoms with Gasteiger partial charge in [-0.3, -0.25) is 9.98 Å². The molecule has 21 aliphatic rings. The number of aliphatic hydroxyl groups excluding tert-OH is 19. The average molecular weight is 1420 g/mol. The van der Waals surface area contributed by atoms with Gasteiger partial charge in [0.05, 0.1) is 51.7 Å². The summed E-state index contributed by atoms with van der Waals surface area (Å²) in [6, 6.07) is 0. The number of ether oxygens (including phenoxy) is 14. The third kappa shape index (κ3) is 18.3. The van der Waals surface area contributed by atoms with Gasteiger partial charge in [0.1, 0.15) is 170 Å². The van der Waals surface area contributed by atoms with Crippen LogP contribution in [0, 0.1) is 0 Å². The summed E-state index contributed by atoms with van der Waals surface area (Å²) in [4.78, 5) is 8.63. The van der Waals surface area contributed by atoms with Crippen LogP contribution in [0.5, 0.6) is 0 Å². The quantitative estimate of drug-likeness (QED) is 0.0306. The fourth-order valence-corrected chi connectivity index (χ4v) is 14.1. The van der Waals surface area contributed by atoms with E-state index in [4.69, 9.17) is 83.5 Å². The van der Waals surface area contributed by atoms with E-state index in [1.165, 1.54) is 0 Å². The number of hydrogen-bond donors (Lipinski definition) is 22. The number of aliphatic hydroxyl groups is 19. The van der Waals surface area contributed by atoms with Crippen LogP contribution in [0.3, 0.4) is 0 Å². The van der Waals surface area contributed by atoms with Gasteiger partial charge in [-0.1, -0.05) is 6.92 Å². The summed E-state index contributed by atoms with van der Waals surface area (Å²) in [5, 5.41) is 216. The molecule has 14 unspecified atom stereocenters. The lowest BCUT2D eigenvalue weighted by Crippen LogP contribution is -2.68. The van der Waals surface area contributed by atoms with Crippen molar-refractivity contribution < 1.29 is 163 Å². The number of aliphatic imine (C=N–C) groups is 2. The van der Waals surface area contributed by atoms with Gasteiger partial charge in [0.2, 0.25) is 0 Å². The summed E-state index contributed by atoms with van der Waals surface area (Å²) in [5.74, 6) is 2.32. The van der Waals surface area contributed by atoms with Crippen LogP contribution in [0.2, 0.25) is 0 Å². The molecule has 21 fully saturated rings. The molecule has 21 aliphatic heterocycles. The lowest BCUT2D eigenvalue weighted by molar-refractivity contribution is -0.395. The first-order valence-electron chi connectivity index (χ1n) is 30.7. The molecule has 0 aromatic heterocycles. The first kappa shape index (κ1) is 78.4. The second kappa shape index (κ2) is 36.5. The monoisotopic (exact) mass is 1420 g/mol. The summed E-state index contributed by atoms with van der Waals surface area (Å²) < 4.78 is 83.0. The minimum atomic E-state index is -2.20. The summed E-state index contributed by atoms with van der Waals surface area (Å²) in [7, 11) is 0. The Morgan fingerprint density at radius 2 is 0.521 bits per heavy atom. The van der Waals surface area contributed by atoms with Crippen molar-refractivity contribution in [3.05, 3.63) is 0 Å². The highest BCUT2D eigenvalue weighted by atomic mass is 32.2. The molecule has 38 nitrogen and oxygen atoms in total. The van der Waals surface area contributed by atoms with Crippen LogP contribution >= 0.6 is 35.3 Å². The molecule has 21 rings (SSSR count). The molecule has 21 heterocycles. The van der Waals surface area contributed by atoms with Gasteiger partial charge in [-0.05, 0) is 5.75 Å². The van der Waals surface area contributed by atoms with Crippen molar-refractivity contribution >= 4 is 47.0 Å². The van der Waals surface area contributed by atoms with Crippen molar-refractivity contribution in [3.8, 4) is 0 Å². The highest BCUT2D eigenvalue weighted by molar-refractivity contribution is 7.99. The predicted octanol–water partition coefficient (Wildman–Crippen LogP) is -12.9. The van der Waals surface area contributed by atoms with Crippen molar-refractivity contribution in [3.63, 3.8) is 0 Å². The van der Waals surface area contributed by atoms with E-state index in [2.05, 4.69) is 9.98 Å². The van der Waals surface area contributed by atoms with E-state index >= 15 is 0 Å². The molecule has 35 atom stereocenters. The molecular weight excluding hydrogens is 1330 g/mol. The summed E-state index contributed by atoms with van der Waals surface area (Å²) in [6.07, 6.45) is -68.2. The van der Waals surface area contributed by atoms with Crippen LogP contribution in [0.4, 0.5) is 0 Å².